The Hall–Kier alpha value is -1.05. The van der Waals surface area contributed by atoms with Gasteiger partial charge in [0.15, 0.2) is 5.96 Å². The number of aryl methyl sites for hydroxylation is 1. The number of hydrogen-bond donors (Lipinski definition) is 1. The second-order valence-electron chi connectivity index (χ2n) is 7.45. The Morgan fingerprint density at radius 1 is 1.23 bits per heavy atom. The molecule has 0 bridgehead atoms. The number of nitrogens with one attached hydrogen (secondary N) is 1. The Morgan fingerprint density at radius 3 is 2.54 bits per heavy atom. The number of hydrogen-bond acceptors (Lipinski definition) is 2. The molecule has 1 aromatic rings. The number of nitrogens with zero attached hydrogens (tertiary/aromatic N) is 3. The molecule has 1 aliphatic heterocycles. The number of aliphatic imine (C=N–C) groups is 1. The summed E-state index contributed by atoms with van der Waals surface area (Å²) in [7, 11) is 0. The summed E-state index contributed by atoms with van der Waals surface area (Å²) >= 11 is 0. The van der Waals surface area contributed by atoms with Crippen LogP contribution in [-0.2, 0) is 6.54 Å². The van der Waals surface area contributed by atoms with Gasteiger partial charge in [0.2, 0.25) is 0 Å². The van der Waals surface area contributed by atoms with Gasteiger partial charge < -0.3 is 14.8 Å². The van der Waals surface area contributed by atoms with E-state index < -0.39 is 0 Å². The molecule has 0 spiro atoms. The minimum atomic E-state index is 0. The monoisotopic (exact) mass is 474 g/mol. The number of pyridine rings is 1. The first-order valence-electron chi connectivity index (χ1n) is 9.71. The molecule has 0 aliphatic carbocycles. The van der Waals surface area contributed by atoms with Gasteiger partial charge in [0.05, 0.1) is 0 Å². The average molecular weight is 474 g/mol. The molecule has 0 radical (unpaired) electrons. The lowest BCUT2D eigenvalue weighted by Gasteiger charge is -2.37. The highest BCUT2D eigenvalue weighted by molar-refractivity contribution is 14.0. The van der Waals surface area contributed by atoms with Gasteiger partial charge in [-0.25, -0.2) is 0 Å². The second-order valence-corrected chi connectivity index (χ2v) is 7.45. The minimum absolute atomic E-state index is 0. The van der Waals surface area contributed by atoms with Crippen LogP contribution < -0.4 is 10.9 Å². The molecule has 1 saturated heterocycles. The molecule has 1 fully saturated rings. The molecule has 1 aromatic heterocycles. The van der Waals surface area contributed by atoms with Crippen LogP contribution in [-0.4, -0.2) is 41.6 Å². The van der Waals surface area contributed by atoms with E-state index in [1.165, 1.54) is 6.42 Å². The summed E-state index contributed by atoms with van der Waals surface area (Å²) in [5.41, 5.74) is 1.12. The van der Waals surface area contributed by atoms with E-state index in [1.54, 1.807) is 6.07 Å². The zero-order valence-corrected chi connectivity index (χ0v) is 19.0. The van der Waals surface area contributed by atoms with E-state index in [0.29, 0.717) is 0 Å². The fraction of sp³-hybridized carbons (Fsp3) is 0.700. The van der Waals surface area contributed by atoms with Gasteiger partial charge in [-0.2, -0.15) is 0 Å². The Labute approximate surface area is 175 Å². The molecule has 2 rings (SSSR count). The largest absolute Gasteiger partial charge is 0.357 e. The standard InChI is InChI=1S/C20H34N4O.HI/c1-5-21-20(23-14-16(2)13-17(3)15-23)22-11-6-7-12-24-18(4)9-8-10-19(24)25;/h8-10,16-17H,5-7,11-15H2,1-4H3,(H,21,22);1H. The van der Waals surface area contributed by atoms with E-state index >= 15 is 0 Å². The molecule has 148 valence electrons. The van der Waals surface area contributed by atoms with Crippen molar-refractivity contribution >= 4 is 29.9 Å². The number of rotatable bonds is 6. The average Bonchev–Trinajstić information content (AvgIpc) is 2.55. The summed E-state index contributed by atoms with van der Waals surface area (Å²) in [6.45, 7) is 13.4. The van der Waals surface area contributed by atoms with E-state index in [0.717, 1.165) is 69.1 Å². The summed E-state index contributed by atoms with van der Waals surface area (Å²) in [6, 6.07) is 5.44. The maximum absolute atomic E-state index is 11.9. The molecule has 2 heterocycles. The lowest BCUT2D eigenvalue weighted by Crippen LogP contribution is -2.48. The van der Waals surface area contributed by atoms with Crippen LogP contribution in [0.1, 0.15) is 45.7 Å². The molecular formula is C20H35IN4O. The van der Waals surface area contributed by atoms with Gasteiger partial charge in [-0.15, -0.1) is 24.0 Å². The van der Waals surface area contributed by atoms with Crippen LogP contribution >= 0.6 is 24.0 Å². The lowest BCUT2D eigenvalue weighted by atomic mass is 9.92. The molecular weight excluding hydrogens is 439 g/mol. The van der Waals surface area contributed by atoms with E-state index in [4.69, 9.17) is 4.99 Å². The first-order valence-corrected chi connectivity index (χ1v) is 9.71. The zero-order chi connectivity index (χ0) is 18.2. The number of guanidine groups is 1. The molecule has 2 unspecified atom stereocenters. The summed E-state index contributed by atoms with van der Waals surface area (Å²) in [5.74, 6) is 2.50. The zero-order valence-electron chi connectivity index (χ0n) is 16.7. The minimum Gasteiger partial charge on any atom is -0.357 e. The normalized spacial score (nSPS) is 20.6. The van der Waals surface area contributed by atoms with Crippen molar-refractivity contribution in [1.82, 2.24) is 14.8 Å². The van der Waals surface area contributed by atoms with Crippen LogP contribution in [0, 0.1) is 18.8 Å². The van der Waals surface area contributed by atoms with Crippen molar-refractivity contribution in [3.63, 3.8) is 0 Å². The van der Waals surface area contributed by atoms with Gasteiger partial charge in [-0.05, 0) is 51.0 Å². The third kappa shape index (κ3) is 6.93. The number of aromatic nitrogens is 1. The SMILES string of the molecule is CCNC(=NCCCCn1c(C)cccc1=O)N1CC(C)CC(C)C1.I. The number of halogens is 1. The first kappa shape index (κ1) is 23.0. The fourth-order valence-corrected chi connectivity index (χ4v) is 3.74. The second kappa shape index (κ2) is 11.6. The van der Waals surface area contributed by atoms with E-state index in [-0.39, 0.29) is 29.5 Å². The smallest absolute Gasteiger partial charge is 0.250 e. The summed E-state index contributed by atoms with van der Waals surface area (Å²) in [5, 5.41) is 3.44. The highest BCUT2D eigenvalue weighted by Gasteiger charge is 2.23. The first-order chi connectivity index (χ1) is 12.0. The van der Waals surface area contributed by atoms with Crippen LogP contribution in [0.5, 0.6) is 0 Å². The highest BCUT2D eigenvalue weighted by atomic mass is 127. The van der Waals surface area contributed by atoms with Gasteiger partial charge >= 0.3 is 0 Å². The number of piperidine rings is 1. The van der Waals surface area contributed by atoms with Gasteiger partial charge in [0.25, 0.3) is 5.56 Å². The van der Waals surface area contributed by atoms with Gasteiger partial charge in [-0.3, -0.25) is 9.79 Å². The molecule has 5 nitrogen and oxygen atoms in total. The van der Waals surface area contributed by atoms with Crippen LogP contribution in [0.4, 0.5) is 0 Å². The van der Waals surface area contributed by atoms with E-state index in [9.17, 15) is 4.79 Å². The Morgan fingerprint density at radius 2 is 1.92 bits per heavy atom. The predicted octanol–water partition coefficient (Wildman–Crippen LogP) is 3.50. The third-order valence-electron chi connectivity index (χ3n) is 4.82. The lowest BCUT2D eigenvalue weighted by molar-refractivity contribution is 0.208. The molecule has 6 heteroatoms. The number of likely N-dealkylation sites (tertiary alicyclic amines) is 1. The Balaban J connectivity index is 0.00000338. The summed E-state index contributed by atoms with van der Waals surface area (Å²) in [6.07, 6.45) is 3.27. The fourth-order valence-electron chi connectivity index (χ4n) is 3.74. The molecule has 26 heavy (non-hydrogen) atoms. The van der Waals surface area contributed by atoms with Crippen molar-refractivity contribution in [2.75, 3.05) is 26.2 Å². The van der Waals surface area contributed by atoms with Crippen molar-refractivity contribution in [2.24, 2.45) is 16.8 Å². The quantitative estimate of drug-likeness (QED) is 0.297. The van der Waals surface area contributed by atoms with Crippen LogP contribution in [0.15, 0.2) is 28.0 Å². The Bertz CT molecular complexity index is 618. The summed E-state index contributed by atoms with van der Waals surface area (Å²) in [4.78, 5) is 19.1. The van der Waals surface area contributed by atoms with Crippen molar-refractivity contribution < 1.29 is 0 Å². The van der Waals surface area contributed by atoms with Gasteiger partial charge in [0.1, 0.15) is 0 Å². The van der Waals surface area contributed by atoms with Crippen molar-refractivity contribution in [3.05, 3.63) is 34.2 Å². The van der Waals surface area contributed by atoms with E-state index in [1.807, 2.05) is 23.6 Å². The molecule has 0 saturated carbocycles. The van der Waals surface area contributed by atoms with Crippen molar-refractivity contribution in [1.29, 1.82) is 0 Å². The molecule has 1 aliphatic rings. The van der Waals surface area contributed by atoms with Crippen molar-refractivity contribution in [3.8, 4) is 0 Å². The predicted molar refractivity (Wildman–Crippen MR) is 121 cm³/mol. The topological polar surface area (TPSA) is 49.6 Å². The molecule has 0 aromatic carbocycles. The molecule has 1 N–H and O–H groups in total. The maximum atomic E-state index is 11.9. The number of unbranched alkanes of at least 4 members (excludes halogenated alkanes) is 1. The summed E-state index contributed by atoms with van der Waals surface area (Å²) < 4.78 is 1.85. The molecule has 2 atom stereocenters. The molecule has 0 amide bonds. The van der Waals surface area contributed by atoms with E-state index in [2.05, 4.69) is 31.0 Å². The maximum Gasteiger partial charge on any atom is 0.250 e. The van der Waals surface area contributed by atoms with Crippen LogP contribution in [0.3, 0.4) is 0 Å². The van der Waals surface area contributed by atoms with Crippen LogP contribution in [0.25, 0.3) is 0 Å². The Kier molecular flexibility index (Phi) is 10.3. The van der Waals surface area contributed by atoms with Gasteiger partial charge in [0, 0.05) is 44.5 Å². The van der Waals surface area contributed by atoms with Crippen LogP contribution in [0.2, 0.25) is 0 Å². The highest BCUT2D eigenvalue weighted by Crippen LogP contribution is 2.20. The van der Waals surface area contributed by atoms with Gasteiger partial charge in [-0.1, -0.05) is 19.9 Å². The van der Waals surface area contributed by atoms with Crippen molar-refractivity contribution in [2.45, 2.75) is 53.5 Å². The third-order valence-corrected chi connectivity index (χ3v) is 4.82.